The third-order valence-electron chi connectivity index (χ3n) is 4.01. The predicted molar refractivity (Wildman–Crippen MR) is 83.9 cm³/mol. The van der Waals surface area contributed by atoms with Crippen molar-refractivity contribution in [3.63, 3.8) is 0 Å². The Morgan fingerprint density at radius 2 is 1.81 bits per heavy atom. The predicted octanol–water partition coefficient (Wildman–Crippen LogP) is 3.39. The van der Waals surface area contributed by atoms with Gasteiger partial charge in [0.25, 0.3) is 0 Å². The summed E-state index contributed by atoms with van der Waals surface area (Å²) in [5, 5.41) is 0. The van der Waals surface area contributed by atoms with Crippen molar-refractivity contribution >= 4 is 11.9 Å². The van der Waals surface area contributed by atoms with Crippen LogP contribution in [0, 0.1) is 11.8 Å². The van der Waals surface area contributed by atoms with Crippen LogP contribution in [0.4, 0.5) is 0 Å². The van der Waals surface area contributed by atoms with Gasteiger partial charge >= 0.3 is 5.97 Å². The third kappa shape index (κ3) is 6.96. The molecule has 1 fully saturated rings. The summed E-state index contributed by atoms with van der Waals surface area (Å²) in [4.78, 5) is 25.8. The first kappa shape index (κ1) is 18.0. The van der Waals surface area contributed by atoms with Gasteiger partial charge in [-0.2, -0.15) is 0 Å². The number of ether oxygens (including phenoxy) is 1. The molecule has 0 unspecified atom stereocenters. The van der Waals surface area contributed by atoms with Crippen LogP contribution in [0.25, 0.3) is 0 Å². The minimum atomic E-state index is -0.0672. The van der Waals surface area contributed by atoms with Crippen molar-refractivity contribution < 1.29 is 14.3 Å². The minimum Gasteiger partial charge on any atom is -0.465 e. The second-order valence-electron chi connectivity index (χ2n) is 6.48. The molecule has 1 amide bonds. The lowest BCUT2D eigenvalue weighted by Gasteiger charge is -2.31. The first-order chi connectivity index (χ1) is 10.0. The van der Waals surface area contributed by atoms with Crippen molar-refractivity contribution in [1.29, 1.82) is 0 Å². The van der Waals surface area contributed by atoms with Crippen LogP contribution >= 0.6 is 0 Å². The van der Waals surface area contributed by atoms with Crippen LogP contribution in [0.2, 0.25) is 0 Å². The van der Waals surface area contributed by atoms with Gasteiger partial charge in [-0.25, -0.2) is 0 Å². The fraction of sp³-hybridized carbons (Fsp3) is 0.882. The van der Waals surface area contributed by atoms with Crippen LogP contribution in [0.1, 0.15) is 65.7 Å². The lowest BCUT2D eigenvalue weighted by atomic mass is 9.96. The molecule has 0 bridgehead atoms. The molecule has 0 atom stereocenters. The van der Waals surface area contributed by atoms with E-state index < -0.39 is 0 Å². The quantitative estimate of drug-likeness (QED) is 0.509. The van der Waals surface area contributed by atoms with E-state index in [1.54, 1.807) is 0 Å². The second-order valence-corrected chi connectivity index (χ2v) is 6.48. The molecule has 1 heterocycles. The maximum absolute atomic E-state index is 12.0. The van der Waals surface area contributed by atoms with E-state index >= 15 is 0 Å². The minimum absolute atomic E-state index is 0.0146. The molecule has 0 spiro atoms. The van der Waals surface area contributed by atoms with Gasteiger partial charge in [-0.05, 0) is 25.2 Å². The maximum atomic E-state index is 12.0. The van der Waals surface area contributed by atoms with E-state index in [4.69, 9.17) is 4.74 Å². The van der Waals surface area contributed by atoms with Gasteiger partial charge in [0.05, 0.1) is 12.5 Å². The molecule has 1 saturated heterocycles. The van der Waals surface area contributed by atoms with Crippen LogP contribution in [-0.4, -0.2) is 36.5 Å². The first-order valence-corrected chi connectivity index (χ1v) is 8.49. The number of hydrogen-bond donors (Lipinski definition) is 0. The number of unbranched alkanes of at least 4 members (excludes halogenated alkanes) is 3. The largest absolute Gasteiger partial charge is 0.465 e. The Kier molecular flexibility index (Phi) is 8.40. The molecule has 0 aromatic heterocycles. The van der Waals surface area contributed by atoms with Crippen molar-refractivity contribution in [1.82, 2.24) is 4.90 Å². The molecule has 4 heteroatoms. The number of nitrogens with zero attached hydrogens (tertiary/aromatic N) is 1. The van der Waals surface area contributed by atoms with Gasteiger partial charge in [0.2, 0.25) is 5.91 Å². The second kappa shape index (κ2) is 9.80. The number of likely N-dealkylation sites (tertiary alicyclic amines) is 1. The molecule has 0 N–H and O–H groups in total. The number of carbonyl (C=O) groups is 2. The normalized spacial score (nSPS) is 16.3. The van der Waals surface area contributed by atoms with Crippen molar-refractivity contribution in [3.8, 4) is 0 Å². The van der Waals surface area contributed by atoms with E-state index in [0.29, 0.717) is 32.0 Å². The standard InChI is InChI=1S/C17H31NO3/c1-4-5-6-7-12-21-17(20)15-8-10-18(11-9-15)16(19)13-14(2)3/h14-15H,4-13H2,1-3H3. The van der Waals surface area contributed by atoms with Gasteiger partial charge in [0, 0.05) is 19.5 Å². The van der Waals surface area contributed by atoms with Crippen LogP contribution in [0.3, 0.4) is 0 Å². The lowest BCUT2D eigenvalue weighted by Crippen LogP contribution is -2.41. The van der Waals surface area contributed by atoms with Gasteiger partial charge in [0.1, 0.15) is 0 Å². The average Bonchev–Trinajstić information content (AvgIpc) is 2.46. The number of amides is 1. The highest BCUT2D eigenvalue weighted by molar-refractivity contribution is 5.77. The summed E-state index contributed by atoms with van der Waals surface area (Å²) >= 11 is 0. The Balaban J connectivity index is 2.19. The maximum Gasteiger partial charge on any atom is 0.309 e. The van der Waals surface area contributed by atoms with Crippen LogP contribution in [0.15, 0.2) is 0 Å². The van der Waals surface area contributed by atoms with Gasteiger partial charge in [-0.15, -0.1) is 0 Å². The highest BCUT2D eigenvalue weighted by Crippen LogP contribution is 2.20. The first-order valence-electron chi connectivity index (χ1n) is 8.49. The number of piperidine rings is 1. The molecule has 1 rings (SSSR count). The lowest BCUT2D eigenvalue weighted by molar-refractivity contribution is -0.152. The SMILES string of the molecule is CCCCCCOC(=O)C1CCN(C(=O)CC(C)C)CC1. The smallest absolute Gasteiger partial charge is 0.309 e. The Morgan fingerprint density at radius 1 is 1.14 bits per heavy atom. The molecule has 0 saturated carbocycles. The van der Waals surface area contributed by atoms with E-state index in [2.05, 4.69) is 20.8 Å². The molecule has 1 aliphatic heterocycles. The fourth-order valence-corrected chi connectivity index (χ4v) is 2.66. The van der Waals surface area contributed by atoms with Crippen molar-refractivity contribution in [3.05, 3.63) is 0 Å². The highest BCUT2D eigenvalue weighted by atomic mass is 16.5. The van der Waals surface area contributed by atoms with Crippen molar-refractivity contribution in [2.24, 2.45) is 11.8 Å². The zero-order valence-electron chi connectivity index (χ0n) is 13.9. The fourth-order valence-electron chi connectivity index (χ4n) is 2.66. The Labute approximate surface area is 129 Å². The molecule has 21 heavy (non-hydrogen) atoms. The number of hydrogen-bond acceptors (Lipinski definition) is 3. The summed E-state index contributed by atoms with van der Waals surface area (Å²) in [6.45, 7) is 8.22. The number of esters is 1. The van der Waals surface area contributed by atoms with Crippen molar-refractivity contribution in [2.45, 2.75) is 65.7 Å². The van der Waals surface area contributed by atoms with Crippen molar-refractivity contribution in [2.75, 3.05) is 19.7 Å². The van der Waals surface area contributed by atoms with E-state index in [1.165, 1.54) is 12.8 Å². The summed E-state index contributed by atoms with van der Waals surface area (Å²) < 4.78 is 5.35. The summed E-state index contributed by atoms with van der Waals surface area (Å²) in [6, 6.07) is 0. The summed E-state index contributed by atoms with van der Waals surface area (Å²) in [5.41, 5.74) is 0. The molecule has 122 valence electrons. The van der Waals surface area contributed by atoms with Gasteiger partial charge in [0.15, 0.2) is 0 Å². The zero-order valence-corrected chi connectivity index (χ0v) is 13.9. The topological polar surface area (TPSA) is 46.6 Å². The zero-order chi connectivity index (χ0) is 15.7. The monoisotopic (exact) mass is 297 g/mol. The molecule has 0 aliphatic carbocycles. The highest BCUT2D eigenvalue weighted by Gasteiger charge is 2.28. The molecular formula is C17H31NO3. The van der Waals surface area contributed by atoms with E-state index in [1.807, 2.05) is 4.90 Å². The Bertz CT molecular complexity index is 320. The Morgan fingerprint density at radius 3 is 2.38 bits per heavy atom. The molecule has 1 aliphatic rings. The molecule has 0 radical (unpaired) electrons. The van der Waals surface area contributed by atoms with Gasteiger partial charge in [-0.1, -0.05) is 40.0 Å². The summed E-state index contributed by atoms with van der Waals surface area (Å²) in [6.07, 6.45) is 6.59. The van der Waals surface area contributed by atoms with Gasteiger partial charge in [-0.3, -0.25) is 9.59 Å². The average molecular weight is 297 g/mol. The van der Waals surface area contributed by atoms with Crippen LogP contribution in [0.5, 0.6) is 0 Å². The molecule has 4 nitrogen and oxygen atoms in total. The van der Waals surface area contributed by atoms with Gasteiger partial charge < -0.3 is 9.64 Å². The number of rotatable bonds is 8. The molecule has 0 aromatic carbocycles. The van der Waals surface area contributed by atoms with E-state index in [0.717, 1.165) is 25.7 Å². The summed E-state index contributed by atoms with van der Waals surface area (Å²) in [5.74, 6) is 0.529. The van der Waals surface area contributed by atoms with Crippen LogP contribution < -0.4 is 0 Å². The molecule has 0 aromatic rings. The van der Waals surface area contributed by atoms with E-state index in [9.17, 15) is 9.59 Å². The number of carbonyl (C=O) groups excluding carboxylic acids is 2. The molecular weight excluding hydrogens is 266 g/mol. The van der Waals surface area contributed by atoms with Crippen LogP contribution in [-0.2, 0) is 14.3 Å². The van der Waals surface area contributed by atoms with E-state index in [-0.39, 0.29) is 17.8 Å². The summed E-state index contributed by atoms with van der Waals surface area (Å²) in [7, 11) is 0. The third-order valence-corrected chi connectivity index (χ3v) is 4.01. The Hall–Kier alpha value is -1.06.